The van der Waals surface area contributed by atoms with Gasteiger partial charge in [-0.25, -0.2) is 4.99 Å². The van der Waals surface area contributed by atoms with Gasteiger partial charge in [0.1, 0.15) is 11.3 Å². The molecule has 0 spiro atoms. The van der Waals surface area contributed by atoms with Crippen LogP contribution in [0.3, 0.4) is 0 Å². The van der Waals surface area contributed by atoms with E-state index in [0.29, 0.717) is 5.69 Å². The van der Waals surface area contributed by atoms with Gasteiger partial charge >= 0.3 is 0 Å². The quantitative estimate of drug-likeness (QED) is 0.737. The molecule has 1 aliphatic carbocycles. The lowest BCUT2D eigenvalue weighted by Crippen LogP contribution is -2.43. The van der Waals surface area contributed by atoms with Crippen molar-refractivity contribution in [2.45, 2.75) is 32.6 Å². The van der Waals surface area contributed by atoms with Crippen LogP contribution in [0, 0.1) is 33.5 Å². The Morgan fingerprint density at radius 1 is 1.22 bits per heavy atom. The minimum Gasteiger partial charge on any atom is -0.386 e. The number of ether oxygens (including phenoxy) is 2. The highest BCUT2D eigenvalue weighted by Gasteiger charge is 2.93. The molecule has 0 unspecified atom stereocenters. The van der Waals surface area contributed by atoms with Crippen LogP contribution < -0.4 is 11.1 Å². The molecule has 3 N–H and O–H groups in total. The van der Waals surface area contributed by atoms with E-state index >= 15 is 0 Å². The number of amides is 1. The number of anilines is 1. The number of nitriles is 2. The monoisotopic (exact) mass is 367 g/mol. The molecule has 1 aliphatic heterocycles. The molecule has 3 atom stereocenters. The van der Waals surface area contributed by atoms with Crippen LogP contribution in [0.15, 0.2) is 29.3 Å². The zero-order chi connectivity index (χ0) is 19.9. The number of amidine groups is 1. The number of hydrogen-bond donors (Lipinski definition) is 2. The van der Waals surface area contributed by atoms with Gasteiger partial charge in [0.25, 0.3) is 5.91 Å². The van der Waals surface area contributed by atoms with Gasteiger partial charge in [0, 0.05) is 31.7 Å². The average Bonchev–Trinajstić information content (AvgIpc) is 3.21. The molecule has 27 heavy (non-hydrogen) atoms. The van der Waals surface area contributed by atoms with Crippen LogP contribution in [0.2, 0.25) is 0 Å². The molecule has 0 bridgehead atoms. The van der Waals surface area contributed by atoms with Gasteiger partial charge in [0.05, 0.1) is 12.1 Å². The molecule has 1 amide bonds. The summed E-state index contributed by atoms with van der Waals surface area (Å²) < 4.78 is 11.6. The van der Waals surface area contributed by atoms with E-state index in [1.807, 2.05) is 0 Å². The summed E-state index contributed by atoms with van der Waals surface area (Å²) in [7, 11) is 0. The predicted molar refractivity (Wildman–Crippen MR) is 97.2 cm³/mol. The number of rotatable bonds is 6. The first-order valence-corrected chi connectivity index (χ1v) is 8.72. The van der Waals surface area contributed by atoms with Crippen LogP contribution in [-0.2, 0) is 14.3 Å². The Kier molecular flexibility index (Phi) is 4.43. The van der Waals surface area contributed by atoms with E-state index in [2.05, 4.69) is 22.4 Å². The van der Waals surface area contributed by atoms with Gasteiger partial charge in [-0.15, -0.1) is 0 Å². The summed E-state index contributed by atoms with van der Waals surface area (Å²) in [6.07, 6.45) is 0. The smallest absolute Gasteiger partial charge is 0.293 e. The van der Waals surface area contributed by atoms with Crippen LogP contribution in [0.25, 0.3) is 0 Å². The summed E-state index contributed by atoms with van der Waals surface area (Å²) in [4.78, 5) is 15.5. The molecule has 140 valence electrons. The molecule has 8 nitrogen and oxygen atoms in total. The predicted octanol–water partition coefficient (Wildman–Crippen LogP) is 1.86. The Morgan fingerprint density at radius 3 is 2.26 bits per heavy atom. The van der Waals surface area contributed by atoms with Gasteiger partial charge < -0.3 is 20.5 Å². The highest BCUT2D eigenvalue weighted by Crippen LogP contribution is 2.81. The van der Waals surface area contributed by atoms with Crippen LogP contribution in [-0.4, -0.2) is 30.9 Å². The van der Waals surface area contributed by atoms with Crippen molar-refractivity contribution in [1.29, 1.82) is 10.5 Å². The second kappa shape index (κ2) is 6.34. The zero-order valence-corrected chi connectivity index (χ0v) is 15.4. The van der Waals surface area contributed by atoms with Gasteiger partial charge in [-0.3, -0.25) is 4.79 Å². The third-order valence-electron chi connectivity index (χ3n) is 5.17. The number of hydrogen-bond acceptors (Lipinski definition) is 7. The first-order valence-electron chi connectivity index (χ1n) is 8.72. The molecule has 0 aromatic heterocycles. The number of aliphatic imine (C=N–C) groups is 1. The minimum atomic E-state index is -1.62. The number of nitrogens with one attached hydrogen (secondary N) is 1. The summed E-state index contributed by atoms with van der Waals surface area (Å²) >= 11 is 0. The fraction of sp³-hybridized carbons (Fsp3) is 0.474. The van der Waals surface area contributed by atoms with Gasteiger partial charge in [-0.05, 0) is 31.5 Å². The Bertz CT molecular complexity index is 876. The van der Waals surface area contributed by atoms with Crippen molar-refractivity contribution in [3.63, 3.8) is 0 Å². The fourth-order valence-electron chi connectivity index (χ4n) is 4.21. The topological polar surface area (TPSA) is 134 Å². The third kappa shape index (κ3) is 2.21. The number of nitrogens with two attached hydrogens (primary N) is 1. The van der Waals surface area contributed by atoms with Crippen molar-refractivity contribution in [3.05, 3.63) is 29.8 Å². The molecule has 3 rings (SSSR count). The highest BCUT2D eigenvalue weighted by molar-refractivity contribution is 6.00. The largest absolute Gasteiger partial charge is 0.386 e. The highest BCUT2D eigenvalue weighted by atomic mass is 16.7. The van der Waals surface area contributed by atoms with Gasteiger partial charge in [-0.2, -0.15) is 10.5 Å². The molecule has 0 radical (unpaired) electrons. The maximum Gasteiger partial charge on any atom is 0.293 e. The Labute approximate surface area is 157 Å². The lowest BCUT2D eigenvalue weighted by molar-refractivity contribution is -0.255. The van der Waals surface area contributed by atoms with E-state index in [9.17, 15) is 15.3 Å². The molecule has 1 aromatic carbocycles. The van der Waals surface area contributed by atoms with Crippen molar-refractivity contribution in [1.82, 2.24) is 0 Å². The van der Waals surface area contributed by atoms with Gasteiger partial charge in [0.2, 0.25) is 5.91 Å². The standard InChI is InChI=1S/C19H21N5O3/c1-4-26-19(27-5-2)18(11-21)15(17(18,10-20)16(22)24-19)13-6-8-14(9-7-13)23-12(3)25/h6-9,15H,4-5H2,1-3H3,(H2,22,24)(H,23,25)/t15-,17-,18-/m0/s1. The van der Waals surface area contributed by atoms with E-state index in [-0.39, 0.29) is 25.0 Å². The van der Waals surface area contributed by atoms with Gasteiger partial charge in [-0.1, -0.05) is 12.1 Å². The maximum absolute atomic E-state index is 11.2. The Morgan fingerprint density at radius 2 is 1.81 bits per heavy atom. The van der Waals surface area contributed by atoms with Crippen molar-refractivity contribution in [2.75, 3.05) is 18.5 Å². The van der Waals surface area contributed by atoms with E-state index in [0.717, 1.165) is 5.56 Å². The van der Waals surface area contributed by atoms with E-state index in [1.54, 1.807) is 38.1 Å². The average molecular weight is 367 g/mol. The number of carbonyl (C=O) groups is 1. The summed E-state index contributed by atoms with van der Waals surface area (Å²) in [5, 5.41) is 22.8. The molecule has 1 saturated carbocycles. The van der Waals surface area contributed by atoms with Crippen molar-refractivity contribution < 1.29 is 14.3 Å². The minimum absolute atomic E-state index is 0.0457. The molecule has 8 heteroatoms. The second-order valence-corrected chi connectivity index (χ2v) is 6.52. The molecular formula is C19H21N5O3. The first-order chi connectivity index (χ1) is 12.9. The van der Waals surface area contributed by atoms with Crippen LogP contribution >= 0.6 is 0 Å². The molecule has 0 saturated heterocycles. The van der Waals surface area contributed by atoms with Crippen LogP contribution in [0.4, 0.5) is 5.69 Å². The molecule has 1 aromatic rings. The van der Waals surface area contributed by atoms with Crippen LogP contribution in [0.5, 0.6) is 0 Å². The number of fused-ring (bicyclic) bond motifs is 1. The Hall–Kier alpha value is -2.94. The summed E-state index contributed by atoms with van der Waals surface area (Å²) in [6, 6.07) is 11.4. The molecule has 1 fully saturated rings. The maximum atomic E-state index is 11.2. The van der Waals surface area contributed by atoms with E-state index < -0.39 is 22.7 Å². The molecule has 1 heterocycles. The Balaban J connectivity index is 2.10. The second-order valence-electron chi connectivity index (χ2n) is 6.52. The van der Waals surface area contributed by atoms with E-state index in [4.69, 9.17) is 15.2 Å². The van der Waals surface area contributed by atoms with Crippen LogP contribution in [0.1, 0.15) is 32.3 Å². The molecule has 2 aliphatic rings. The number of nitrogens with zero attached hydrogens (tertiary/aromatic N) is 3. The number of benzene rings is 1. The summed E-state index contributed by atoms with van der Waals surface area (Å²) in [5.41, 5.74) is 4.81. The fourth-order valence-corrected chi connectivity index (χ4v) is 4.21. The number of carbonyl (C=O) groups excluding carboxylic acids is 1. The van der Waals surface area contributed by atoms with Gasteiger partial charge in [0.15, 0.2) is 5.41 Å². The lowest BCUT2D eigenvalue weighted by atomic mass is 9.93. The first kappa shape index (κ1) is 18.8. The van der Waals surface area contributed by atoms with E-state index in [1.165, 1.54) is 6.92 Å². The lowest BCUT2D eigenvalue weighted by Gasteiger charge is -2.31. The van der Waals surface area contributed by atoms with Crippen molar-refractivity contribution in [3.8, 4) is 12.1 Å². The third-order valence-corrected chi connectivity index (χ3v) is 5.17. The summed E-state index contributed by atoms with van der Waals surface area (Å²) in [5.74, 6) is -2.31. The molecular weight excluding hydrogens is 346 g/mol. The SMILES string of the molecule is CCOC1(OCC)N=C(N)[C@]2(C#N)[C@H](c3ccc(NC(C)=O)cc3)[C@]12C#N. The van der Waals surface area contributed by atoms with Crippen molar-refractivity contribution >= 4 is 17.4 Å². The summed E-state index contributed by atoms with van der Waals surface area (Å²) in [6.45, 7) is 5.45. The normalized spacial score (nSPS) is 29.8. The van der Waals surface area contributed by atoms with Crippen molar-refractivity contribution in [2.24, 2.45) is 21.6 Å². The zero-order valence-electron chi connectivity index (χ0n) is 15.4.